The van der Waals surface area contributed by atoms with Crippen LogP contribution in [0.4, 0.5) is 0 Å². The Morgan fingerprint density at radius 3 is 1.48 bits per heavy atom. The molecule has 0 aromatic heterocycles. The number of ether oxygens (including phenoxy) is 3. The monoisotopic (exact) mass is 733 g/mol. The van der Waals surface area contributed by atoms with Gasteiger partial charge in [0.15, 0.2) is 12.1 Å². The van der Waals surface area contributed by atoms with Gasteiger partial charge in [0.1, 0.15) is 6.61 Å². The molecule has 0 fully saturated rings. The van der Waals surface area contributed by atoms with Crippen LogP contribution >= 0.6 is 0 Å². The lowest BCUT2D eigenvalue weighted by Crippen LogP contribution is -2.50. The van der Waals surface area contributed by atoms with Crippen LogP contribution in [0.5, 0.6) is 0 Å². The number of carboxylic acids is 1. The average molecular weight is 733 g/mol. The highest BCUT2D eigenvalue weighted by Gasteiger charge is 2.31. The fraction of sp³-hybridized carbons (Fsp3) is 0.750. The van der Waals surface area contributed by atoms with E-state index in [9.17, 15) is 19.5 Å². The molecule has 1 N–H and O–H groups in total. The number of rotatable bonds is 36. The number of carbonyl (C=O) groups is 3. The minimum absolute atomic E-state index is 0.0497. The molecular weight excluding hydrogens is 654 g/mol. The zero-order valence-corrected chi connectivity index (χ0v) is 34.0. The van der Waals surface area contributed by atoms with Gasteiger partial charge in [-0.15, -0.1) is 0 Å². The maximum Gasteiger partial charge on any atom is 0.362 e. The van der Waals surface area contributed by atoms with Crippen molar-refractivity contribution in [2.45, 2.75) is 174 Å². The summed E-state index contributed by atoms with van der Waals surface area (Å²) in [5.74, 6) is -1.51. The molecule has 0 aromatic carbocycles. The molecule has 0 aliphatic heterocycles. The average Bonchev–Trinajstić information content (AvgIpc) is 3.09. The van der Waals surface area contributed by atoms with E-state index in [0.29, 0.717) is 19.3 Å². The fourth-order valence-corrected chi connectivity index (χ4v) is 5.65. The molecular formula is C44H78NO7+. The van der Waals surface area contributed by atoms with Gasteiger partial charge in [0, 0.05) is 19.3 Å². The standard InChI is InChI=1S/C44H77NO7/c1-6-8-10-12-14-16-18-20-22-24-26-28-30-32-34-42(46)51-39-40(38-50-37-36-41(44(48)49)45(3,4)5)52-43(47)35-33-31-29-27-25-23-21-19-17-15-13-11-9-7-2/h12-15,18-21,40-41H,6-11,16-17,22-39H2,1-5H3/p+1/b14-12-,15-13-,20-18-,21-19-. The molecule has 0 heterocycles. The number of allylic oxidation sites excluding steroid dienone is 8. The Morgan fingerprint density at radius 1 is 0.577 bits per heavy atom. The van der Waals surface area contributed by atoms with E-state index in [1.807, 2.05) is 21.1 Å². The number of aliphatic carboxylic acids is 1. The van der Waals surface area contributed by atoms with Gasteiger partial charge in [-0.2, -0.15) is 0 Å². The van der Waals surface area contributed by atoms with E-state index in [-0.39, 0.29) is 36.2 Å². The smallest absolute Gasteiger partial charge is 0.362 e. The third-order valence-electron chi connectivity index (χ3n) is 8.95. The van der Waals surface area contributed by atoms with Gasteiger partial charge in [-0.25, -0.2) is 4.79 Å². The maximum atomic E-state index is 12.7. The van der Waals surface area contributed by atoms with E-state index in [1.54, 1.807) is 0 Å². The van der Waals surface area contributed by atoms with Crippen molar-refractivity contribution in [3.8, 4) is 0 Å². The molecule has 300 valence electrons. The first kappa shape index (κ1) is 49.3. The van der Waals surface area contributed by atoms with E-state index < -0.39 is 18.1 Å². The molecule has 8 heteroatoms. The predicted octanol–water partition coefficient (Wildman–Crippen LogP) is 10.9. The second-order valence-corrected chi connectivity index (χ2v) is 14.9. The van der Waals surface area contributed by atoms with Crippen LogP contribution in [0.15, 0.2) is 48.6 Å². The second kappa shape index (κ2) is 35.3. The van der Waals surface area contributed by atoms with Crippen molar-refractivity contribution in [3.05, 3.63) is 48.6 Å². The summed E-state index contributed by atoms with van der Waals surface area (Å²) in [6.45, 7) is 4.61. The quantitative estimate of drug-likeness (QED) is 0.0296. The highest BCUT2D eigenvalue weighted by molar-refractivity contribution is 5.72. The van der Waals surface area contributed by atoms with Gasteiger partial charge in [0.05, 0.1) is 34.4 Å². The number of carboxylic acid groups (broad SMARTS) is 1. The van der Waals surface area contributed by atoms with Crippen LogP contribution in [-0.4, -0.2) is 80.6 Å². The Morgan fingerprint density at radius 2 is 1.02 bits per heavy atom. The lowest BCUT2D eigenvalue weighted by molar-refractivity contribution is -0.887. The number of hydrogen-bond donors (Lipinski definition) is 1. The Balaban J connectivity index is 4.44. The third kappa shape index (κ3) is 33.1. The Bertz CT molecular complexity index is 995. The topological polar surface area (TPSA) is 99.1 Å². The van der Waals surface area contributed by atoms with E-state index in [0.717, 1.165) is 89.9 Å². The summed E-state index contributed by atoms with van der Waals surface area (Å²) < 4.78 is 17.2. The molecule has 0 aliphatic rings. The van der Waals surface area contributed by atoms with Crippen molar-refractivity contribution < 1.29 is 38.2 Å². The summed E-state index contributed by atoms with van der Waals surface area (Å²) in [5, 5.41) is 9.60. The minimum atomic E-state index is -0.881. The summed E-state index contributed by atoms with van der Waals surface area (Å²) in [7, 11) is 5.51. The number of unbranched alkanes of at least 4 members (excludes halogenated alkanes) is 14. The van der Waals surface area contributed by atoms with E-state index in [2.05, 4.69) is 62.5 Å². The molecule has 0 rings (SSSR count). The highest BCUT2D eigenvalue weighted by Crippen LogP contribution is 2.13. The van der Waals surface area contributed by atoms with Gasteiger partial charge in [0.2, 0.25) is 0 Å². The maximum absolute atomic E-state index is 12.7. The zero-order valence-electron chi connectivity index (χ0n) is 34.0. The van der Waals surface area contributed by atoms with Crippen LogP contribution in [0, 0.1) is 0 Å². The summed E-state index contributed by atoms with van der Waals surface area (Å²) in [4.78, 5) is 36.9. The molecule has 2 unspecified atom stereocenters. The van der Waals surface area contributed by atoms with Crippen molar-refractivity contribution in [2.75, 3.05) is 41.0 Å². The van der Waals surface area contributed by atoms with Gasteiger partial charge in [-0.1, -0.05) is 127 Å². The van der Waals surface area contributed by atoms with Gasteiger partial charge < -0.3 is 23.8 Å². The molecule has 0 amide bonds. The van der Waals surface area contributed by atoms with Gasteiger partial charge in [0.25, 0.3) is 0 Å². The number of nitrogens with zero attached hydrogens (tertiary/aromatic N) is 1. The number of quaternary nitrogens is 1. The Hall–Kier alpha value is -2.71. The van der Waals surface area contributed by atoms with Crippen molar-refractivity contribution in [2.24, 2.45) is 0 Å². The lowest BCUT2D eigenvalue weighted by Gasteiger charge is -2.31. The molecule has 2 atom stereocenters. The number of likely N-dealkylation sites (N-methyl/N-ethyl adjacent to an activating group) is 1. The molecule has 8 nitrogen and oxygen atoms in total. The predicted molar refractivity (Wildman–Crippen MR) is 215 cm³/mol. The third-order valence-corrected chi connectivity index (χ3v) is 8.95. The first-order chi connectivity index (χ1) is 25.1. The van der Waals surface area contributed by atoms with E-state index in [1.165, 1.54) is 38.5 Å². The molecule has 0 spiro atoms. The molecule has 0 aliphatic carbocycles. The highest BCUT2D eigenvalue weighted by atomic mass is 16.6. The second-order valence-electron chi connectivity index (χ2n) is 14.9. The normalized spacial score (nSPS) is 13.5. The van der Waals surface area contributed by atoms with Crippen LogP contribution in [0.3, 0.4) is 0 Å². The van der Waals surface area contributed by atoms with Crippen molar-refractivity contribution in [1.29, 1.82) is 0 Å². The number of hydrogen-bond acceptors (Lipinski definition) is 6. The molecule has 52 heavy (non-hydrogen) atoms. The minimum Gasteiger partial charge on any atom is -0.477 e. The van der Waals surface area contributed by atoms with Gasteiger partial charge in [-0.05, 0) is 64.2 Å². The van der Waals surface area contributed by atoms with Crippen LogP contribution in [0.2, 0.25) is 0 Å². The van der Waals surface area contributed by atoms with E-state index in [4.69, 9.17) is 14.2 Å². The molecule has 0 bridgehead atoms. The molecule has 0 radical (unpaired) electrons. The SMILES string of the molecule is CCCC/C=C\C/C=C\CCCCCCCC(=O)OCC(COCCC(C(=O)O)[N+](C)(C)C)OC(=O)CCCCCCC/C=C\C/C=C\CCCC. The Labute approximate surface area is 318 Å². The zero-order chi connectivity index (χ0) is 38.5. The van der Waals surface area contributed by atoms with Crippen LogP contribution in [0.1, 0.15) is 162 Å². The number of esters is 2. The van der Waals surface area contributed by atoms with Crippen LogP contribution < -0.4 is 0 Å². The number of carbonyl (C=O) groups excluding carboxylic acids is 2. The largest absolute Gasteiger partial charge is 0.477 e. The van der Waals surface area contributed by atoms with Crippen molar-refractivity contribution in [3.63, 3.8) is 0 Å². The fourth-order valence-electron chi connectivity index (χ4n) is 5.65. The van der Waals surface area contributed by atoms with Crippen LogP contribution in [0.25, 0.3) is 0 Å². The summed E-state index contributed by atoms with van der Waals surface area (Å²) >= 11 is 0. The molecule has 0 aromatic rings. The Kier molecular flexibility index (Phi) is 33.5. The van der Waals surface area contributed by atoms with Crippen molar-refractivity contribution in [1.82, 2.24) is 0 Å². The first-order valence-electron chi connectivity index (χ1n) is 20.7. The summed E-state index contributed by atoms with van der Waals surface area (Å²) in [6, 6.07) is -0.619. The van der Waals surface area contributed by atoms with Gasteiger partial charge in [-0.3, -0.25) is 9.59 Å². The summed E-state index contributed by atoms with van der Waals surface area (Å²) in [6.07, 6.45) is 40.0. The summed E-state index contributed by atoms with van der Waals surface area (Å²) in [5.41, 5.74) is 0. The van der Waals surface area contributed by atoms with E-state index >= 15 is 0 Å². The van der Waals surface area contributed by atoms with Crippen molar-refractivity contribution >= 4 is 17.9 Å². The van der Waals surface area contributed by atoms with Gasteiger partial charge >= 0.3 is 17.9 Å². The first-order valence-corrected chi connectivity index (χ1v) is 20.7. The van der Waals surface area contributed by atoms with Crippen LogP contribution in [-0.2, 0) is 28.6 Å². The molecule has 0 saturated heterocycles. The lowest BCUT2D eigenvalue weighted by atomic mass is 10.1. The molecule has 0 saturated carbocycles.